The summed E-state index contributed by atoms with van der Waals surface area (Å²) < 4.78 is 18.0. The Bertz CT molecular complexity index is 1030. The Hall–Kier alpha value is -3.61. The Morgan fingerprint density at radius 3 is 2.39 bits per heavy atom. The summed E-state index contributed by atoms with van der Waals surface area (Å²) in [4.78, 5) is 24.5. The van der Waals surface area contributed by atoms with Crippen LogP contribution in [-0.2, 0) is 16.1 Å². The van der Waals surface area contributed by atoms with Crippen LogP contribution in [0.25, 0.3) is 10.8 Å². The van der Waals surface area contributed by atoms with Gasteiger partial charge in [-0.1, -0.05) is 36.4 Å². The molecule has 3 aromatic rings. The molecule has 0 aliphatic heterocycles. The Kier molecular flexibility index (Phi) is 5.44. The molecule has 0 saturated carbocycles. The van der Waals surface area contributed by atoms with Gasteiger partial charge < -0.3 is 20.3 Å². The molecule has 0 radical (unpaired) electrons. The van der Waals surface area contributed by atoms with Crippen LogP contribution in [0.4, 0.5) is 4.39 Å². The van der Waals surface area contributed by atoms with Gasteiger partial charge in [-0.05, 0) is 30.7 Å². The van der Waals surface area contributed by atoms with Crippen LogP contribution in [-0.4, -0.2) is 28.2 Å². The van der Waals surface area contributed by atoms with Crippen LogP contribution in [0.3, 0.4) is 0 Å². The molecule has 0 heterocycles. The molecule has 0 aromatic heterocycles. The van der Waals surface area contributed by atoms with Crippen molar-refractivity contribution in [3.63, 3.8) is 0 Å². The Morgan fingerprint density at radius 1 is 1.07 bits per heavy atom. The molecule has 6 nitrogen and oxygen atoms in total. The van der Waals surface area contributed by atoms with Gasteiger partial charge in [-0.3, -0.25) is 4.79 Å². The fourth-order valence-electron chi connectivity index (χ4n) is 2.71. The fourth-order valence-corrected chi connectivity index (χ4v) is 2.71. The number of benzene rings is 3. The van der Waals surface area contributed by atoms with E-state index in [4.69, 9.17) is 4.74 Å². The minimum Gasteiger partial charge on any atom is -0.507 e. The molecule has 0 spiro atoms. The average molecular weight is 383 g/mol. The summed E-state index contributed by atoms with van der Waals surface area (Å²) in [5, 5.41) is 23.7. The SMILES string of the molecule is C[C@@H](OC(=O)c1cc(O)c2ccccc2c1O)C(=O)NCc1ccc(F)cc1. The molecule has 0 aliphatic rings. The first-order chi connectivity index (χ1) is 13.4. The Morgan fingerprint density at radius 2 is 1.71 bits per heavy atom. The van der Waals surface area contributed by atoms with Crippen molar-refractivity contribution in [2.75, 3.05) is 0 Å². The molecule has 3 aromatic carbocycles. The first kappa shape index (κ1) is 19.2. The number of carbonyl (C=O) groups is 2. The third-order valence-electron chi connectivity index (χ3n) is 4.25. The second-order valence-corrected chi connectivity index (χ2v) is 6.23. The summed E-state index contributed by atoms with van der Waals surface area (Å²) in [6, 6.07) is 13.2. The van der Waals surface area contributed by atoms with E-state index in [2.05, 4.69) is 5.32 Å². The van der Waals surface area contributed by atoms with E-state index in [1.165, 1.54) is 31.2 Å². The number of aromatic hydroxyl groups is 2. The summed E-state index contributed by atoms with van der Waals surface area (Å²) in [5.74, 6) is -2.40. The third kappa shape index (κ3) is 4.03. The van der Waals surface area contributed by atoms with E-state index in [9.17, 15) is 24.2 Å². The lowest BCUT2D eigenvalue weighted by Gasteiger charge is -2.15. The molecule has 0 unspecified atom stereocenters. The zero-order valence-corrected chi connectivity index (χ0v) is 15.0. The molecule has 0 aliphatic carbocycles. The molecule has 0 bridgehead atoms. The van der Waals surface area contributed by atoms with Gasteiger partial charge in [-0.2, -0.15) is 0 Å². The van der Waals surface area contributed by atoms with Crippen molar-refractivity contribution in [3.05, 3.63) is 71.5 Å². The van der Waals surface area contributed by atoms with E-state index in [0.717, 1.165) is 6.07 Å². The number of phenols is 2. The summed E-state index contributed by atoms with van der Waals surface area (Å²) in [6.07, 6.45) is -1.14. The summed E-state index contributed by atoms with van der Waals surface area (Å²) in [7, 11) is 0. The third-order valence-corrected chi connectivity index (χ3v) is 4.25. The molecule has 144 valence electrons. The molecule has 0 saturated heterocycles. The summed E-state index contributed by atoms with van der Waals surface area (Å²) >= 11 is 0. The highest BCUT2D eigenvalue weighted by Gasteiger charge is 2.23. The number of nitrogens with one attached hydrogen (secondary N) is 1. The number of halogens is 1. The van der Waals surface area contributed by atoms with E-state index < -0.39 is 18.0 Å². The molecule has 1 atom stereocenters. The number of hydrogen-bond acceptors (Lipinski definition) is 5. The minimum absolute atomic E-state index is 0.142. The average Bonchev–Trinajstić information content (AvgIpc) is 2.70. The topological polar surface area (TPSA) is 95.9 Å². The van der Waals surface area contributed by atoms with E-state index in [-0.39, 0.29) is 29.4 Å². The number of esters is 1. The smallest absolute Gasteiger partial charge is 0.342 e. The van der Waals surface area contributed by atoms with Crippen LogP contribution in [0.1, 0.15) is 22.8 Å². The Balaban J connectivity index is 1.68. The highest BCUT2D eigenvalue weighted by molar-refractivity contribution is 6.04. The van der Waals surface area contributed by atoms with E-state index >= 15 is 0 Å². The number of carbonyl (C=O) groups excluding carboxylic acids is 2. The van der Waals surface area contributed by atoms with Crippen LogP contribution in [0.15, 0.2) is 54.6 Å². The van der Waals surface area contributed by atoms with Crippen molar-refractivity contribution < 1.29 is 28.9 Å². The van der Waals surface area contributed by atoms with Gasteiger partial charge in [0.25, 0.3) is 5.91 Å². The maximum absolute atomic E-state index is 12.9. The lowest BCUT2D eigenvalue weighted by molar-refractivity contribution is -0.129. The normalized spacial score (nSPS) is 11.8. The number of ether oxygens (including phenoxy) is 1. The van der Waals surface area contributed by atoms with Crippen molar-refractivity contribution in [3.8, 4) is 11.5 Å². The minimum atomic E-state index is -1.14. The quantitative estimate of drug-likeness (QED) is 0.464. The molecular weight excluding hydrogens is 365 g/mol. The molecule has 28 heavy (non-hydrogen) atoms. The molecule has 1 amide bonds. The van der Waals surface area contributed by atoms with Crippen LogP contribution >= 0.6 is 0 Å². The zero-order valence-electron chi connectivity index (χ0n) is 15.0. The van der Waals surface area contributed by atoms with Gasteiger partial charge in [0, 0.05) is 17.3 Å². The van der Waals surface area contributed by atoms with E-state index in [1.807, 2.05) is 0 Å². The van der Waals surface area contributed by atoms with Gasteiger partial charge in [-0.25, -0.2) is 9.18 Å². The van der Waals surface area contributed by atoms with Crippen molar-refractivity contribution in [2.24, 2.45) is 0 Å². The summed E-state index contributed by atoms with van der Waals surface area (Å²) in [5.41, 5.74) is 0.444. The molecule has 7 heteroatoms. The number of hydrogen-bond donors (Lipinski definition) is 3. The van der Waals surface area contributed by atoms with Crippen molar-refractivity contribution in [1.82, 2.24) is 5.32 Å². The lowest BCUT2D eigenvalue weighted by Crippen LogP contribution is -2.35. The first-order valence-electron chi connectivity index (χ1n) is 8.53. The van der Waals surface area contributed by atoms with Crippen LogP contribution in [0, 0.1) is 5.82 Å². The largest absolute Gasteiger partial charge is 0.507 e. The number of phenolic OH excluding ortho intramolecular Hbond substituents is 2. The van der Waals surface area contributed by atoms with Gasteiger partial charge in [0.05, 0.1) is 0 Å². The van der Waals surface area contributed by atoms with Gasteiger partial charge in [0.15, 0.2) is 6.10 Å². The van der Waals surface area contributed by atoms with E-state index in [1.54, 1.807) is 24.3 Å². The first-order valence-corrected chi connectivity index (χ1v) is 8.53. The fraction of sp³-hybridized carbons (Fsp3) is 0.143. The highest BCUT2D eigenvalue weighted by Crippen LogP contribution is 2.35. The number of amides is 1. The van der Waals surface area contributed by atoms with Crippen molar-refractivity contribution in [1.29, 1.82) is 0 Å². The van der Waals surface area contributed by atoms with Crippen molar-refractivity contribution in [2.45, 2.75) is 19.6 Å². The van der Waals surface area contributed by atoms with Gasteiger partial charge in [0.1, 0.15) is 22.9 Å². The zero-order chi connectivity index (χ0) is 20.3. The van der Waals surface area contributed by atoms with Crippen LogP contribution < -0.4 is 5.32 Å². The Labute approximate surface area is 160 Å². The molecule has 0 fully saturated rings. The number of rotatable bonds is 5. The molecular formula is C21H18FNO5. The molecule has 3 N–H and O–H groups in total. The maximum atomic E-state index is 12.9. The van der Waals surface area contributed by atoms with Crippen molar-refractivity contribution >= 4 is 22.6 Å². The predicted molar refractivity (Wildman–Crippen MR) is 100 cm³/mol. The molecule has 3 rings (SSSR count). The predicted octanol–water partition coefficient (Wildman–Crippen LogP) is 3.25. The van der Waals surface area contributed by atoms with Gasteiger partial charge in [0.2, 0.25) is 0 Å². The second-order valence-electron chi connectivity index (χ2n) is 6.23. The highest BCUT2D eigenvalue weighted by atomic mass is 19.1. The second kappa shape index (κ2) is 7.96. The van der Waals surface area contributed by atoms with Crippen LogP contribution in [0.5, 0.6) is 11.5 Å². The van der Waals surface area contributed by atoms with Crippen LogP contribution in [0.2, 0.25) is 0 Å². The van der Waals surface area contributed by atoms with Gasteiger partial charge >= 0.3 is 5.97 Å². The monoisotopic (exact) mass is 383 g/mol. The maximum Gasteiger partial charge on any atom is 0.342 e. The van der Waals surface area contributed by atoms with E-state index in [0.29, 0.717) is 16.3 Å². The number of fused-ring (bicyclic) bond motifs is 1. The standard InChI is InChI=1S/C21H18FNO5/c1-12(20(26)23-11-13-6-8-14(22)9-7-13)28-21(27)17-10-18(24)15-4-2-3-5-16(15)19(17)25/h2-10,12,24-25H,11H2,1H3,(H,23,26)/t12-/m1/s1. The lowest BCUT2D eigenvalue weighted by atomic mass is 10.0. The van der Waals surface area contributed by atoms with Gasteiger partial charge in [-0.15, -0.1) is 0 Å². The summed E-state index contributed by atoms with van der Waals surface area (Å²) in [6.45, 7) is 1.53.